The number of carbonyl (C=O) groups is 1. The summed E-state index contributed by atoms with van der Waals surface area (Å²) >= 11 is 3.39. The third-order valence-electron chi connectivity index (χ3n) is 3.86. The lowest BCUT2D eigenvalue weighted by molar-refractivity contribution is -0.145. The fourth-order valence-corrected chi connectivity index (χ4v) is 2.71. The Labute approximate surface area is 138 Å². The van der Waals surface area contributed by atoms with Gasteiger partial charge in [-0.2, -0.15) is 0 Å². The van der Waals surface area contributed by atoms with E-state index in [9.17, 15) is 4.79 Å². The molecule has 22 heavy (non-hydrogen) atoms. The minimum absolute atomic E-state index is 0.0659. The van der Waals surface area contributed by atoms with Crippen LogP contribution in [0.3, 0.4) is 0 Å². The monoisotopic (exact) mass is 357 g/mol. The van der Waals surface area contributed by atoms with Crippen molar-refractivity contribution in [2.24, 2.45) is 11.1 Å². The normalized spacial score (nSPS) is 20.5. The van der Waals surface area contributed by atoms with Crippen molar-refractivity contribution in [1.82, 2.24) is 0 Å². The van der Waals surface area contributed by atoms with Gasteiger partial charge in [-0.3, -0.25) is 0 Å². The summed E-state index contributed by atoms with van der Waals surface area (Å²) in [5.41, 5.74) is 2.82. The van der Waals surface area contributed by atoms with Crippen LogP contribution in [0, 0.1) is 5.92 Å². The van der Waals surface area contributed by atoms with Gasteiger partial charge >= 0.3 is 5.97 Å². The topological polar surface area (TPSA) is 38.7 Å². The number of hydrogen-bond donors (Lipinski definition) is 0. The van der Waals surface area contributed by atoms with Crippen LogP contribution in [0.4, 0.5) is 0 Å². The van der Waals surface area contributed by atoms with Crippen LogP contribution in [0.5, 0.6) is 0 Å². The predicted molar refractivity (Wildman–Crippen MR) is 89.7 cm³/mol. The number of nitrogens with zero attached hydrogens (tertiary/aromatic N) is 1. The van der Waals surface area contributed by atoms with E-state index in [4.69, 9.17) is 4.84 Å². The van der Waals surface area contributed by atoms with Crippen LogP contribution in [0.15, 0.2) is 64.2 Å². The summed E-state index contributed by atoms with van der Waals surface area (Å²) in [5, 5.41) is 3.97. The third-order valence-corrected chi connectivity index (χ3v) is 4.38. The molecule has 0 radical (unpaired) electrons. The lowest BCUT2D eigenvalue weighted by Crippen LogP contribution is -2.06. The average molecular weight is 358 g/mol. The van der Waals surface area contributed by atoms with Gasteiger partial charge in [0.05, 0.1) is 11.6 Å². The summed E-state index contributed by atoms with van der Waals surface area (Å²) < 4.78 is 1.00. The van der Waals surface area contributed by atoms with Crippen molar-refractivity contribution in [3.05, 3.63) is 70.2 Å². The van der Waals surface area contributed by atoms with E-state index in [2.05, 4.69) is 21.1 Å². The summed E-state index contributed by atoms with van der Waals surface area (Å²) in [4.78, 5) is 17.1. The van der Waals surface area contributed by atoms with E-state index in [0.29, 0.717) is 5.71 Å². The number of hydrogen-bond acceptors (Lipinski definition) is 3. The number of rotatable bonds is 4. The van der Waals surface area contributed by atoms with Crippen molar-refractivity contribution in [3.8, 4) is 0 Å². The van der Waals surface area contributed by atoms with Crippen molar-refractivity contribution in [2.75, 3.05) is 0 Å². The average Bonchev–Trinajstić information content (AvgIpc) is 3.34. The molecular weight excluding hydrogens is 342 g/mol. The maximum Gasteiger partial charge on any atom is 0.338 e. The molecule has 1 aliphatic rings. The van der Waals surface area contributed by atoms with E-state index in [-0.39, 0.29) is 17.8 Å². The highest BCUT2D eigenvalue weighted by molar-refractivity contribution is 9.10. The van der Waals surface area contributed by atoms with Gasteiger partial charge in [-0.05, 0) is 42.5 Å². The van der Waals surface area contributed by atoms with Crippen molar-refractivity contribution >= 4 is 27.6 Å². The minimum atomic E-state index is -0.245. The van der Waals surface area contributed by atoms with Crippen molar-refractivity contribution in [3.63, 3.8) is 0 Å². The van der Waals surface area contributed by atoms with Crippen LogP contribution in [0.2, 0.25) is 0 Å². The largest absolute Gasteiger partial charge is 0.338 e. The van der Waals surface area contributed by atoms with Crippen LogP contribution in [-0.4, -0.2) is 11.7 Å². The fourth-order valence-electron chi connectivity index (χ4n) is 2.45. The van der Waals surface area contributed by atoms with Gasteiger partial charge in [0.25, 0.3) is 0 Å². The molecule has 0 aromatic heterocycles. The lowest BCUT2D eigenvalue weighted by Gasteiger charge is -2.02. The highest BCUT2D eigenvalue weighted by Crippen LogP contribution is 2.48. The molecule has 1 aliphatic carbocycles. The van der Waals surface area contributed by atoms with E-state index in [0.717, 1.165) is 16.5 Å². The lowest BCUT2D eigenvalue weighted by atomic mass is 10.1. The second kappa shape index (κ2) is 6.44. The van der Waals surface area contributed by atoms with Gasteiger partial charge in [0.1, 0.15) is 0 Å². The molecule has 0 amide bonds. The predicted octanol–water partition coefficient (Wildman–Crippen LogP) is 4.52. The van der Waals surface area contributed by atoms with E-state index in [1.54, 1.807) is 0 Å². The molecule has 1 fully saturated rings. The molecule has 0 aliphatic heterocycles. The fraction of sp³-hybridized carbons (Fsp3) is 0.222. The van der Waals surface area contributed by atoms with E-state index in [1.807, 2.05) is 61.5 Å². The molecule has 2 atom stereocenters. The van der Waals surface area contributed by atoms with Crippen LogP contribution in [0.1, 0.15) is 30.4 Å². The first kappa shape index (κ1) is 15.0. The third kappa shape index (κ3) is 3.45. The molecule has 0 unspecified atom stereocenters. The highest BCUT2D eigenvalue weighted by atomic mass is 79.9. The van der Waals surface area contributed by atoms with E-state index in [1.165, 1.54) is 5.56 Å². The quantitative estimate of drug-likeness (QED) is 0.458. The molecule has 1 saturated carbocycles. The Balaban J connectivity index is 1.59. The maximum absolute atomic E-state index is 12.0. The molecule has 0 bridgehead atoms. The first-order chi connectivity index (χ1) is 10.6. The number of benzene rings is 2. The Morgan fingerprint density at radius 3 is 2.50 bits per heavy atom. The van der Waals surface area contributed by atoms with E-state index < -0.39 is 0 Å². The van der Waals surface area contributed by atoms with Gasteiger partial charge < -0.3 is 4.84 Å². The summed E-state index contributed by atoms with van der Waals surface area (Å²) in [7, 11) is 0. The molecule has 0 N–H and O–H groups in total. The number of oxime groups is 1. The van der Waals surface area contributed by atoms with E-state index >= 15 is 0 Å². The van der Waals surface area contributed by atoms with Gasteiger partial charge in [0.2, 0.25) is 0 Å². The Morgan fingerprint density at radius 2 is 1.82 bits per heavy atom. The summed E-state index contributed by atoms with van der Waals surface area (Å²) in [6, 6.07) is 17.8. The Kier molecular flexibility index (Phi) is 4.39. The SMILES string of the molecule is CC(=NOC(=O)[C@H]1C[C@H]1c1ccccc1)c1ccc(Br)cc1. The van der Waals surface area contributed by atoms with Crippen molar-refractivity contribution < 1.29 is 9.63 Å². The number of carbonyl (C=O) groups excluding carboxylic acids is 1. The summed E-state index contributed by atoms with van der Waals surface area (Å²) in [5.74, 6) is -0.0360. The molecule has 0 saturated heterocycles. The Hall–Kier alpha value is -1.94. The molecule has 0 spiro atoms. The highest BCUT2D eigenvalue weighted by Gasteiger charge is 2.45. The standard InChI is InChI=1S/C18H16BrNO2/c1-12(13-7-9-15(19)10-8-13)20-22-18(21)17-11-16(17)14-5-3-2-4-6-14/h2-10,16-17H,11H2,1H3/t16-,17-/m0/s1. The molecular formula is C18H16BrNO2. The van der Waals surface area contributed by atoms with Gasteiger partial charge in [-0.1, -0.05) is 63.6 Å². The van der Waals surface area contributed by atoms with Crippen molar-refractivity contribution in [1.29, 1.82) is 0 Å². The molecule has 3 rings (SSSR count). The van der Waals surface area contributed by atoms with Gasteiger partial charge in [0.15, 0.2) is 0 Å². The Bertz CT molecular complexity index is 695. The second-order valence-electron chi connectivity index (χ2n) is 5.45. The van der Waals surface area contributed by atoms with Gasteiger partial charge in [-0.25, -0.2) is 4.79 Å². The van der Waals surface area contributed by atoms with Gasteiger partial charge in [0, 0.05) is 4.47 Å². The van der Waals surface area contributed by atoms with Crippen molar-refractivity contribution in [2.45, 2.75) is 19.3 Å². The second-order valence-corrected chi connectivity index (χ2v) is 6.37. The van der Waals surface area contributed by atoms with Crippen LogP contribution < -0.4 is 0 Å². The first-order valence-electron chi connectivity index (χ1n) is 7.21. The zero-order valence-corrected chi connectivity index (χ0v) is 13.8. The molecule has 3 nitrogen and oxygen atoms in total. The maximum atomic E-state index is 12.0. The molecule has 4 heteroatoms. The molecule has 0 heterocycles. The Morgan fingerprint density at radius 1 is 1.14 bits per heavy atom. The molecule has 2 aromatic carbocycles. The van der Waals surface area contributed by atoms with Crippen LogP contribution in [0.25, 0.3) is 0 Å². The molecule has 2 aromatic rings. The zero-order chi connectivity index (χ0) is 15.5. The first-order valence-corrected chi connectivity index (χ1v) is 8.01. The van der Waals surface area contributed by atoms with Gasteiger partial charge in [-0.15, -0.1) is 0 Å². The number of halogens is 1. The summed E-state index contributed by atoms with van der Waals surface area (Å²) in [6.45, 7) is 1.83. The summed E-state index contributed by atoms with van der Waals surface area (Å²) in [6.07, 6.45) is 0.843. The minimum Gasteiger partial charge on any atom is -0.318 e. The van der Waals surface area contributed by atoms with Crippen LogP contribution in [-0.2, 0) is 9.63 Å². The smallest absolute Gasteiger partial charge is 0.318 e. The zero-order valence-electron chi connectivity index (χ0n) is 12.2. The van der Waals surface area contributed by atoms with Crippen LogP contribution >= 0.6 is 15.9 Å². The molecule has 112 valence electrons.